The number of benzene rings is 1. The molecule has 1 aromatic carbocycles. The van der Waals surface area contributed by atoms with E-state index in [9.17, 15) is 13.2 Å². The van der Waals surface area contributed by atoms with E-state index in [0.29, 0.717) is 9.90 Å². The highest BCUT2D eigenvalue weighted by Crippen LogP contribution is 2.20. The van der Waals surface area contributed by atoms with Crippen molar-refractivity contribution in [1.29, 1.82) is 0 Å². The maximum Gasteiger partial charge on any atom is 0.250 e. The number of carbonyl (C=O) groups excluding carboxylic acids is 1. The van der Waals surface area contributed by atoms with E-state index in [4.69, 9.17) is 0 Å². The van der Waals surface area contributed by atoms with Crippen molar-refractivity contribution in [2.75, 3.05) is 5.32 Å². The monoisotopic (exact) mass is 324 g/mol. The Morgan fingerprint density at radius 1 is 1.14 bits per heavy atom. The smallest absolute Gasteiger partial charge is 0.250 e. The first-order chi connectivity index (χ1) is 9.87. The topological polar surface area (TPSA) is 75.3 Å². The summed E-state index contributed by atoms with van der Waals surface area (Å²) in [5, 5.41) is 2.66. The third kappa shape index (κ3) is 4.38. The molecular weight excluding hydrogens is 308 g/mol. The largest absolute Gasteiger partial charge is 0.326 e. The molecule has 7 heteroatoms. The van der Waals surface area contributed by atoms with Crippen molar-refractivity contribution in [2.45, 2.75) is 24.6 Å². The van der Waals surface area contributed by atoms with Crippen molar-refractivity contribution >= 4 is 33.0 Å². The molecule has 0 unspecified atom stereocenters. The fraction of sp³-hybridized carbons (Fsp3) is 0.214. The molecule has 0 aliphatic rings. The molecule has 2 rings (SSSR count). The van der Waals surface area contributed by atoms with Gasteiger partial charge in [0.1, 0.15) is 4.21 Å². The van der Waals surface area contributed by atoms with E-state index >= 15 is 0 Å². The predicted molar refractivity (Wildman–Crippen MR) is 83.8 cm³/mol. The molecule has 0 atom stereocenters. The average molecular weight is 324 g/mol. The first-order valence-electron chi connectivity index (χ1n) is 6.29. The lowest BCUT2D eigenvalue weighted by Gasteiger charge is -2.06. The molecule has 1 heterocycles. The first-order valence-corrected chi connectivity index (χ1v) is 8.59. The molecule has 0 spiro atoms. The summed E-state index contributed by atoms with van der Waals surface area (Å²) in [6.07, 6.45) is 0. The quantitative estimate of drug-likeness (QED) is 0.887. The molecule has 112 valence electrons. The summed E-state index contributed by atoms with van der Waals surface area (Å²) in [6, 6.07) is 10.4. The van der Waals surface area contributed by atoms with Gasteiger partial charge in [0.2, 0.25) is 15.9 Å². The molecule has 0 saturated heterocycles. The fourth-order valence-electron chi connectivity index (χ4n) is 1.72. The highest BCUT2D eigenvalue weighted by atomic mass is 32.2. The molecule has 1 amide bonds. The summed E-state index contributed by atoms with van der Waals surface area (Å²) in [5.41, 5.74) is 1.50. The van der Waals surface area contributed by atoms with Gasteiger partial charge in [-0.3, -0.25) is 4.79 Å². The highest BCUT2D eigenvalue weighted by molar-refractivity contribution is 7.91. The second-order valence-electron chi connectivity index (χ2n) is 4.57. The molecule has 0 aliphatic heterocycles. The van der Waals surface area contributed by atoms with Crippen molar-refractivity contribution in [3.05, 3.63) is 46.8 Å². The van der Waals surface area contributed by atoms with Crippen LogP contribution in [0.3, 0.4) is 0 Å². The van der Waals surface area contributed by atoms with Crippen LogP contribution in [-0.4, -0.2) is 14.3 Å². The van der Waals surface area contributed by atoms with Gasteiger partial charge in [-0.05, 0) is 36.8 Å². The van der Waals surface area contributed by atoms with Crippen LogP contribution in [0.4, 0.5) is 5.69 Å². The number of hydrogen-bond donors (Lipinski definition) is 2. The number of hydrogen-bond acceptors (Lipinski definition) is 4. The van der Waals surface area contributed by atoms with Gasteiger partial charge in [-0.15, -0.1) is 11.3 Å². The van der Waals surface area contributed by atoms with Gasteiger partial charge in [0.05, 0.1) is 0 Å². The zero-order valence-electron chi connectivity index (χ0n) is 11.7. The molecule has 21 heavy (non-hydrogen) atoms. The molecule has 0 radical (unpaired) electrons. The van der Waals surface area contributed by atoms with E-state index < -0.39 is 10.0 Å². The summed E-state index contributed by atoms with van der Waals surface area (Å²) in [5.74, 6) is -0.142. The van der Waals surface area contributed by atoms with Crippen LogP contribution in [0.1, 0.15) is 17.4 Å². The number of amides is 1. The molecular formula is C14H16N2O3S2. The van der Waals surface area contributed by atoms with Gasteiger partial charge in [-0.1, -0.05) is 12.1 Å². The number of nitrogens with one attached hydrogen (secondary N) is 2. The minimum atomic E-state index is -3.47. The normalized spacial score (nSPS) is 11.3. The van der Waals surface area contributed by atoms with Crippen molar-refractivity contribution in [3.8, 4) is 0 Å². The molecule has 1 aromatic heterocycles. The van der Waals surface area contributed by atoms with Gasteiger partial charge in [-0.25, -0.2) is 13.1 Å². The maximum atomic E-state index is 12.1. The summed E-state index contributed by atoms with van der Waals surface area (Å²) in [7, 11) is -3.47. The number of sulfonamides is 1. The summed E-state index contributed by atoms with van der Waals surface area (Å²) in [6.45, 7) is 3.51. The SMILES string of the molecule is CC(=O)Nc1ccc(CNS(=O)(=O)c2ccc(C)s2)cc1. The number of aryl methyl sites for hydroxylation is 1. The number of rotatable bonds is 5. The second kappa shape index (κ2) is 6.38. The standard InChI is InChI=1S/C14H16N2O3S2/c1-10-3-8-14(20-10)21(18,19)15-9-12-4-6-13(7-5-12)16-11(2)17/h3-8,15H,9H2,1-2H3,(H,16,17). The molecule has 0 bridgehead atoms. The van der Waals surface area contributed by atoms with Gasteiger partial charge in [0.25, 0.3) is 0 Å². The minimum absolute atomic E-state index is 0.142. The van der Waals surface area contributed by atoms with E-state index in [0.717, 1.165) is 10.4 Å². The van der Waals surface area contributed by atoms with Crippen LogP contribution in [0, 0.1) is 6.92 Å². The third-order valence-electron chi connectivity index (χ3n) is 2.72. The Kier molecular flexibility index (Phi) is 4.76. The number of anilines is 1. The van der Waals surface area contributed by atoms with Crippen LogP contribution in [0.2, 0.25) is 0 Å². The lowest BCUT2D eigenvalue weighted by molar-refractivity contribution is -0.114. The van der Waals surface area contributed by atoms with E-state index in [-0.39, 0.29) is 12.5 Å². The minimum Gasteiger partial charge on any atom is -0.326 e. The number of thiophene rings is 1. The van der Waals surface area contributed by atoms with Gasteiger partial charge in [0, 0.05) is 24.0 Å². The Balaban J connectivity index is 2.01. The summed E-state index contributed by atoms with van der Waals surface area (Å²) in [4.78, 5) is 11.9. The zero-order chi connectivity index (χ0) is 15.5. The second-order valence-corrected chi connectivity index (χ2v) is 7.85. The predicted octanol–water partition coefficient (Wildman–Crippen LogP) is 2.49. The van der Waals surface area contributed by atoms with Crippen molar-refractivity contribution in [2.24, 2.45) is 0 Å². The van der Waals surface area contributed by atoms with Crippen molar-refractivity contribution in [3.63, 3.8) is 0 Å². The Morgan fingerprint density at radius 2 is 1.81 bits per heavy atom. The highest BCUT2D eigenvalue weighted by Gasteiger charge is 2.15. The van der Waals surface area contributed by atoms with E-state index in [1.807, 2.05) is 6.92 Å². The van der Waals surface area contributed by atoms with Crippen LogP contribution in [0.15, 0.2) is 40.6 Å². The van der Waals surface area contributed by atoms with E-state index in [1.54, 1.807) is 36.4 Å². The third-order valence-corrected chi connectivity index (χ3v) is 5.61. The lowest BCUT2D eigenvalue weighted by atomic mass is 10.2. The molecule has 2 N–H and O–H groups in total. The van der Waals surface area contributed by atoms with Gasteiger partial charge in [0.15, 0.2) is 0 Å². The lowest BCUT2D eigenvalue weighted by Crippen LogP contribution is -2.22. The van der Waals surface area contributed by atoms with Crippen LogP contribution >= 0.6 is 11.3 Å². The fourth-order valence-corrected chi connectivity index (χ4v) is 4.06. The molecule has 0 aliphatic carbocycles. The van der Waals surface area contributed by atoms with Crippen LogP contribution in [0.5, 0.6) is 0 Å². The Hall–Kier alpha value is -1.70. The Morgan fingerprint density at radius 3 is 2.33 bits per heavy atom. The molecule has 5 nitrogen and oxygen atoms in total. The van der Waals surface area contributed by atoms with Crippen molar-refractivity contribution < 1.29 is 13.2 Å². The van der Waals surface area contributed by atoms with E-state index in [2.05, 4.69) is 10.0 Å². The van der Waals surface area contributed by atoms with Gasteiger partial charge >= 0.3 is 0 Å². The summed E-state index contributed by atoms with van der Waals surface area (Å²) >= 11 is 1.24. The van der Waals surface area contributed by atoms with E-state index in [1.165, 1.54) is 18.3 Å². The summed E-state index contributed by atoms with van der Waals surface area (Å²) < 4.78 is 27.0. The molecule has 0 saturated carbocycles. The van der Waals surface area contributed by atoms with Crippen molar-refractivity contribution in [1.82, 2.24) is 4.72 Å². The van der Waals surface area contributed by atoms with Crippen LogP contribution in [0.25, 0.3) is 0 Å². The van der Waals surface area contributed by atoms with Gasteiger partial charge in [-0.2, -0.15) is 0 Å². The van der Waals surface area contributed by atoms with Crippen LogP contribution < -0.4 is 10.0 Å². The zero-order valence-corrected chi connectivity index (χ0v) is 13.3. The van der Waals surface area contributed by atoms with Gasteiger partial charge < -0.3 is 5.32 Å². The van der Waals surface area contributed by atoms with Crippen LogP contribution in [-0.2, 0) is 21.4 Å². The average Bonchev–Trinajstić information content (AvgIpc) is 2.85. The Bertz CT molecular complexity index is 734. The molecule has 0 fully saturated rings. The molecule has 2 aromatic rings. The maximum absolute atomic E-state index is 12.1. The Labute approximate surface area is 128 Å². The first kappa shape index (κ1) is 15.7. The number of carbonyl (C=O) groups is 1.